The van der Waals surface area contributed by atoms with Gasteiger partial charge in [-0.25, -0.2) is 9.97 Å². The number of hydrogen-bond donors (Lipinski definition) is 2. The van der Waals surface area contributed by atoms with E-state index in [1.165, 1.54) is 19.3 Å². The standard InChI is InChI=1S/C15H11N5O.C3H6/c16-15-13(7-21)20-6-10(2-4-14(20)19-15)9-1-3-11-12(5-9)18-8-17-11;1-2-3-1/h1-8H,16H2,(H,17,18);1-3H2. The Morgan fingerprint density at radius 1 is 1.12 bits per heavy atom. The van der Waals surface area contributed by atoms with E-state index < -0.39 is 0 Å². The van der Waals surface area contributed by atoms with Crippen LogP contribution in [0.25, 0.3) is 27.8 Å². The summed E-state index contributed by atoms with van der Waals surface area (Å²) in [5, 5.41) is 0. The van der Waals surface area contributed by atoms with Crippen molar-refractivity contribution >= 4 is 28.8 Å². The highest BCUT2D eigenvalue weighted by Gasteiger charge is 2.10. The Bertz CT molecular complexity index is 1030. The summed E-state index contributed by atoms with van der Waals surface area (Å²) < 4.78 is 1.70. The number of carbonyl (C=O) groups excluding carboxylic acids is 1. The van der Waals surface area contributed by atoms with Crippen LogP contribution >= 0.6 is 0 Å². The molecule has 4 aromatic rings. The van der Waals surface area contributed by atoms with Gasteiger partial charge in [0.1, 0.15) is 11.3 Å². The number of aromatic amines is 1. The molecule has 0 spiro atoms. The predicted octanol–water partition coefficient (Wildman–Crippen LogP) is 3.44. The Hall–Kier alpha value is -3.15. The van der Waals surface area contributed by atoms with Gasteiger partial charge < -0.3 is 10.7 Å². The Balaban J connectivity index is 0.000000440. The summed E-state index contributed by atoms with van der Waals surface area (Å²) in [6.45, 7) is 0. The zero-order chi connectivity index (χ0) is 16.5. The molecule has 0 aliphatic heterocycles. The Morgan fingerprint density at radius 2 is 1.92 bits per heavy atom. The second-order valence-electron chi connectivity index (χ2n) is 5.84. The molecule has 1 saturated carbocycles. The molecule has 0 radical (unpaired) electrons. The van der Waals surface area contributed by atoms with Crippen LogP contribution in [0.15, 0.2) is 42.9 Å². The van der Waals surface area contributed by atoms with Crippen LogP contribution < -0.4 is 5.73 Å². The molecule has 1 aliphatic rings. The minimum Gasteiger partial charge on any atom is -0.382 e. The van der Waals surface area contributed by atoms with Crippen molar-refractivity contribution in [2.75, 3.05) is 5.73 Å². The van der Waals surface area contributed by atoms with Crippen LogP contribution in [0.5, 0.6) is 0 Å². The molecule has 1 fully saturated rings. The third kappa shape index (κ3) is 2.62. The average molecular weight is 319 g/mol. The van der Waals surface area contributed by atoms with Crippen LogP contribution in [0.4, 0.5) is 5.82 Å². The Labute approximate surface area is 138 Å². The first-order chi connectivity index (χ1) is 11.8. The number of hydrogen-bond acceptors (Lipinski definition) is 4. The minimum absolute atomic E-state index is 0.242. The van der Waals surface area contributed by atoms with Gasteiger partial charge in [-0.15, -0.1) is 0 Å². The number of aromatic nitrogens is 4. The predicted molar refractivity (Wildman–Crippen MR) is 93.9 cm³/mol. The molecule has 5 rings (SSSR count). The van der Waals surface area contributed by atoms with Gasteiger partial charge in [0.2, 0.25) is 0 Å². The second kappa shape index (κ2) is 5.81. The van der Waals surface area contributed by atoms with Crippen LogP contribution in [-0.2, 0) is 0 Å². The average Bonchev–Trinajstić information content (AvgIpc) is 3.35. The topological polar surface area (TPSA) is 89.1 Å². The molecule has 0 unspecified atom stereocenters. The largest absolute Gasteiger partial charge is 0.382 e. The fourth-order valence-electron chi connectivity index (χ4n) is 2.48. The van der Waals surface area contributed by atoms with Gasteiger partial charge >= 0.3 is 0 Å². The number of rotatable bonds is 2. The summed E-state index contributed by atoms with van der Waals surface area (Å²) in [4.78, 5) is 22.6. The number of carbonyl (C=O) groups is 1. The third-order valence-electron chi connectivity index (χ3n) is 3.90. The van der Waals surface area contributed by atoms with Crippen molar-refractivity contribution < 1.29 is 4.79 Å². The van der Waals surface area contributed by atoms with Crippen molar-refractivity contribution in [1.29, 1.82) is 0 Å². The Kier molecular flexibility index (Phi) is 3.49. The van der Waals surface area contributed by atoms with Crippen LogP contribution in [-0.4, -0.2) is 25.6 Å². The van der Waals surface area contributed by atoms with Gasteiger partial charge in [-0.05, 0) is 35.4 Å². The SMILES string of the molecule is C1CC1.Nc1nc2ccc(-c3ccc4nc[nH]c4c3)cn2c1C=O. The molecule has 3 aromatic heterocycles. The lowest BCUT2D eigenvalue weighted by molar-refractivity contribution is 0.111. The molecule has 120 valence electrons. The van der Waals surface area contributed by atoms with E-state index in [1.54, 1.807) is 10.7 Å². The van der Waals surface area contributed by atoms with E-state index >= 15 is 0 Å². The molecule has 0 saturated heterocycles. The first-order valence-electron chi connectivity index (χ1n) is 7.92. The lowest BCUT2D eigenvalue weighted by Gasteiger charge is -2.04. The minimum atomic E-state index is 0.242. The maximum atomic E-state index is 11.1. The van der Waals surface area contributed by atoms with E-state index in [4.69, 9.17) is 5.73 Å². The number of imidazole rings is 2. The molecule has 1 aromatic carbocycles. The van der Waals surface area contributed by atoms with Gasteiger partial charge in [0.05, 0.1) is 17.4 Å². The molecule has 24 heavy (non-hydrogen) atoms. The first kappa shape index (κ1) is 14.4. The normalized spacial score (nSPS) is 12.8. The molecule has 0 amide bonds. The van der Waals surface area contributed by atoms with Crippen LogP contribution in [0.3, 0.4) is 0 Å². The number of H-pyrrole nitrogens is 1. The third-order valence-corrected chi connectivity index (χ3v) is 3.90. The van der Waals surface area contributed by atoms with E-state index in [-0.39, 0.29) is 5.82 Å². The van der Waals surface area contributed by atoms with Crippen molar-refractivity contribution in [2.24, 2.45) is 0 Å². The number of nitrogen functional groups attached to an aromatic ring is 1. The van der Waals surface area contributed by atoms with Crippen LogP contribution in [0.1, 0.15) is 29.8 Å². The number of anilines is 1. The number of nitrogens with one attached hydrogen (secondary N) is 1. The van der Waals surface area contributed by atoms with Gasteiger partial charge in [-0.3, -0.25) is 9.20 Å². The second-order valence-corrected chi connectivity index (χ2v) is 5.84. The summed E-state index contributed by atoms with van der Waals surface area (Å²) >= 11 is 0. The van der Waals surface area contributed by atoms with Crippen molar-refractivity contribution in [1.82, 2.24) is 19.4 Å². The fraction of sp³-hybridized carbons (Fsp3) is 0.167. The molecule has 0 bridgehead atoms. The number of pyridine rings is 1. The maximum absolute atomic E-state index is 11.1. The summed E-state index contributed by atoms with van der Waals surface area (Å²) in [5.41, 5.74) is 10.6. The quantitative estimate of drug-likeness (QED) is 0.554. The van der Waals surface area contributed by atoms with Crippen LogP contribution in [0.2, 0.25) is 0 Å². The first-order valence-corrected chi connectivity index (χ1v) is 7.92. The molecular weight excluding hydrogens is 302 g/mol. The number of nitrogens with zero attached hydrogens (tertiary/aromatic N) is 3. The fourth-order valence-corrected chi connectivity index (χ4v) is 2.48. The van der Waals surface area contributed by atoms with Gasteiger partial charge in [-0.1, -0.05) is 25.3 Å². The molecule has 3 heterocycles. The maximum Gasteiger partial charge on any atom is 0.170 e. The molecule has 6 nitrogen and oxygen atoms in total. The van der Waals surface area contributed by atoms with Crippen molar-refractivity contribution in [3.63, 3.8) is 0 Å². The monoisotopic (exact) mass is 319 g/mol. The zero-order valence-corrected chi connectivity index (χ0v) is 13.1. The lowest BCUT2D eigenvalue weighted by atomic mass is 10.1. The van der Waals surface area contributed by atoms with E-state index in [0.717, 1.165) is 28.4 Å². The molecular formula is C18H17N5O. The highest BCUT2D eigenvalue weighted by Crippen LogP contribution is 2.24. The Morgan fingerprint density at radius 3 is 2.67 bits per heavy atom. The summed E-state index contributed by atoms with van der Waals surface area (Å²) in [6.07, 6.45) is 8.75. The number of fused-ring (bicyclic) bond motifs is 2. The van der Waals surface area contributed by atoms with Crippen LogP contribution in [0, 0.1) is 0 Å². The number of benzene rings is 1. The van der Waals surface area contributed by atoms with Crippen molar-refractivity contribution in [2.45, 2.75) is 19.3 Å². The number of nitrogens with two attached hydrogens (primary N) is 1. The molecule has 0 atom stereocenters. The summed E-state index contributed by atoms with van der Waals surface area (Å²) in [6, 6.07) is 9.76. The zero-order valence-electron chi connectivity index (χ0n) is 13.1. The van der Waals surface area contributed by atoms with Gasteiger partial charge in [0, 0.05) is 6.20 Å². The van der Waals surface area contributed by atoms with Gasteiger partial charge in [0.25, 0.3) is 0 Å². The summed E-state index contributed by atoms with van der Waals surface area (Å²) in [7, 11) is 0. The highest BCUT2D eigenvalue weighted by atomic mass is 16.1. The molecule has 3 N–H and O–H groups in total. The van der Waals surface area contributed by atoms with Gasteiger partial charge in [0.15, 0.2) is 12.1 Å². The highest BCUT2D eigenvalue weighted by molar-refractivity contribution is 5.84. The van der Waals surface area contributed by atoms with E-state index in [1.807, 2.05) is 36.5 Å². The van der Waals surface area contributed by atoms with E-state index in [2.05, 4.69) is 15.0 Å². The summed E-state index contributed by atoms with van der Waals surface area (Å²) in [5.74, 6) is 0.242. The van der Waals surface area contributed by atoms with Crippen molar-refractivity contribution in [3.8, 4) is 11.1 Å². The van der Waals surface area contributed by atoms with E-state index in [9.17, 15) is 4.79 Å². The van der Waals surface area contributed by atoms with E-state index in [0.29, 0.717) is 11.3 Å². The van der Waals surface area contributed by atoms with Crippen molar-refractivity contribution in [3.05, 3.63) is 48.5 Å². The molecule has 6 heteroatoms. The number of aldehydes is 1. The molecule has 1 aliphatic carbocycles. The lowest BCUT2D eigenvalue weighted by Crippen LogP contribution is -1.95. The van der Waals surface area contributed by atoms with Gasteiger partial charge in [-0.2, -0.15) is 0 Å². The smallest absolute Gasteiger partial charge is 0.170 e.